The SMILES string of the molecule is Cc1cc(NS(=O)(=O)/C=C/c2ccc(Cl)cc2)ccc1N. The van der Waals surface area contributed by atoms with Crippen LogP contribution in [0.3, 0.4) is 0 Å². The van der Waals surface area contributed by atoms with Gasteiger partial charge in [-0.25, -0.2) is 8.42 Å². The Bertz CT molecular complexity index is 769. The van der Waals surface area contributed by atoms with Gasteiger partial charge in [-0.15, -0.1) is 0 Å². The summed E-state index contributed by atoms with van der Waals surface area (Å²) < 4.78 is 26.4. The zero-order chi connectivity index (χ0) is 15.5. The first-order chi connectivity index (χ1) is 9.85. The number of aryl methyl sites for hydroxylation is 1. The average Bonchev–Trinajstić information content (AvgIpc) is 2.42. The van der Waals surface area contributed by atoms with Crippen molar-refractivity contribution >= 4 is 39.1 Å². The Morgan fingerprint density at radius 2 is 1.81 bits per heavy atom. The van der Waals surface area contributed by atoms with Gasteiger partial charge in [-0.1, -0.05) is 23.7 Å². The van der Waals surface area contributed by atoms with Crippen molar-refractivity contribution in [2.75, 3.05) is 10.5 Å². The van der Waals surface area contributed by atoms with Crippen LogP contribution in [0.5, 0.6) is 0 Å². The van der Waals surface area contributed by atoms with Crippen LogP contribution in [-0.2, 0) is 10.0 Å². The summed E-state index contributed by atoms with van der Waals surface area (Å²) in [6.07, 6.45) is 1.50. The van der Waals surface area contributed by atoms with E-state index in [9.17, 15) is 8.42 Å². The van der Waals surface area contributed by atoms with E-state index in [4.69, 9.17) is 17.3 Å². The minimum absolute atomic E-state index is 0.474. The molecule has 0 atom stereocenters. The lowest BCUT2D eigenvalue weighted by Crippen LogP contribution is -2.09. The minimum Gasteiger partial charge on any atom is -0.399 e. The Hall–Kier alpha value is -1.98. The van der Waals surface area contributed by atoms with Crippen molar-refractivity contribution in [1.29, 1.82) is 0 Å². The van der Waals surface area contributed by atoms with Crippen molar-refractivity contribution in [3.8, 4) is 0 Å². The molecule has 0 aliphatic carbocycles. The molecular weight excluding hydrogens is 308 g/mol. The summed E-state index contributed by atoms with van der Waals surface area (Å²) in [5.41, 5.74) is 8.36. The molecule has 110 valence electrons. The fraction of sp³-hybridized carbons (Fsp3) is 0.0667. The fourth-order valence-electron chi connectivity index (χ4n) is 1.68. The van der Waals surface area contributed by atoms with E-state index < -0.39 is 10.0 Å². The van der Waals surface area contributed by atoms with Crippen molar-refractivity contribution < 1.29 is 8.42 Å². The molecule has 0 saturated heterocycles. The summed E-state index contributed by atoms with van der Waals surface area (Å²) >= 11 is 5.77. The van der Waals surface area contributed by atoms with Crippen LogP contribution in [0.4, 0.5) is 11.4 Å². The second kappa shape index (κ2) is 6.20. The number of nitrogen functional groups attached to an aromatic ring is 1. The van der Waals surface area contributed by atoms with E-state index in [1.54, 1.807) is 42.5 Å². The summed E-state index contributed by atoms with van der Waals surface area (Å²) in [6, 6.07) is 11.8. The van der Waals surface area contributed by atoms with Crippen LogP contribution in [0.25, 0.3) is 6.08 Å². The van der Waals surface area contributed by atoms with Gasteiger partial charge in [-0.05, 0) is 54.5 Å². The zero-order valence-corrected chi connectivity index (χ0v) is 12.9. The Morgan fingerprint density at radius 1 is 1.14 bits per heavy atom. The highest BCUT2D eigenvalue weighted by molar-refractivity contribution is 7.95. The first kappa shape index (κ1) is 15.4. The minimum atomic E-state index is -3.58. The van der Waals surface area contributed by atoms with Crippen molar-refractivity contribution in [1.82, 2.24) is 0 Å². The molecule has 2 rings (SSSR count). The van der Waals surface area contributed by atoms with Crippen molar-refractivity contribution in [2.45, 2.75) is 6.92 Å². The molecule has 0 amide bonds. The van der Waals surface area contributed by atoms with Crippen LogP contribution >= 0.6 is 11.6 Å². The predicted octanol–water partition coefficient (Wildman–Crippen LogP) is 3.64. The summed E-state index contributed by atoms with van der Waals surface area (Å²) in [5.74, 6) is 0. The smallest absolute Gasteiger partial charge is 0.255 e. The molecule has 0 aromatic heterocycles. The Kier molecular flexibility index (Phi) is 4.55. The van der Waals surface area contributed by atoms with Gasteiger partial charge in [0, 0.05) is 16.4 Å². The molecule has 0 aliphatic heterocycles. The van der Waals surface area contributed by atoms with Gasteiger partial charge in [0.1, 0.15) is 0 Å². The monoisotopic (exact) mass is 322 g/mol. The van der Waals surface area contributed by atoms with Gasteiger partial charge in [-0.2, -0.15) is 0 Å². The maximum atomic E-state index is 12.0. The summed E-state index contributed by atoms with van der Waals surface area (Å²) in [7, 11) is -3.58. The van der Waals surface area contributed by atoms with Crippen molar-refractivity contribution in [3.63, 3.8) is 0 Å². The standard InChI is InChI=1S/C15H15ClN2O2S/c1-11-10-14(6-7-15(11)17)18-21(19,20)9-8-12-2-4-13(16)5-3-12/h2-10,18H,17H2,1H3/b9-8+. The largest absolute Gasteiger partial charge is 0.399 e. The Labute approximate surface area is 129 Å². The number of hydrogen-bond donors (Lipinski definition) is 2. The predicted molar refractivity (Wildman–Crippen MR) is 88.6 cm³/mol. The van der Waals surface area contributed by atoms with Gasteiger partial charge in [0.2, 0.25) is 0 Å². The number of nitrogens with two attached hydrogens (primary N) is 1. The molecule has 0 saturated carbocycles. The number of sulfonamides is 1. The highest BCUT2D eigenvalue weighted by atomic mass is 35.5. The normalized spacial score (nSPS) is 11.7. The van der Waals surface area contributed by atoms with E-state index in [-0.39, 0.29) is 0 Å². The summed E-state index contributed by atoms with van der Waals surface area (Å²) in [6.45, 7) is 1.82. The van der Waals surface area contributed by atoms with Gasteiger partial charge >= 0.3 is 0 Å². The van der Waals surface area contributed by atoms with Gasteiger partial charge in [0.25, 0.3) is 10.0 Å². The molecule has 0 heterocycles. The fourth-order valence-corrected chi connectivity index (χ4v) is 2.67. The second-order valence-electron chi connectivity index (χ2n) is 4.57. The highest BCUT2D eigenvalue weighted by Gasteiger charge is 2.06. The molecule has 6 heteroatoms. The van der Waals surface area contributed by atoms with Crippen LogP contribution in [-0.4, -0.2) is 8.42 Å². The highest BCUT2D eigenvalue weighted by Crippen LogP contribution is 2.18. The van der Waals surface area contributed by atoms with Gasteiger partial charge in [-0.3, -0.25) is 4.72 Å². The molecule has 0 aliphatic rings. The molecule has 4 nitrogen and oxygen atoms in total. The maximum Gasteiger partial charge on any atom is 0.255 e. The van der Waals surface area contributed by atoms with Crippen molar-refractivity contribution in [3.05, 3.63) is 64.0 Å². The lowest BCUT2D eigenvalue weighted by atomic mass is 10.2. The quantitative estimate of drug-likeness (QED) is 0.844. The molecule has 3 N–H and O–H groups in total. The molecule has 0 bridgehead atoms. The third-order valence-electron chi connectivity index (χ3n) is 2.84. The number of hydrogen-bond acceptors (Lipinski definition) is 3. The molecule has 0 spiro atoms. The molecule has 0 radical (unpaired) electrons. The zero-order valence-electron chi connectivity index (χ0n) is 11.4. The van der Waals surface area contributed by atoms with Crippen molar-refractivity contribution in [2.24, 2.45) is 0 Å². The number of nitrogens with one attached hydrogen (secondary N) is 1. The topological polar surface area (TPSA) is 72.2 Å². The van der Waals surface area contributed by atoms with Gasteiger partial charge < -0.3 is 5.73 Å². The van der Waals surface area contributed by atoms with Crippen LogP contribution in [0.1, 0.15) is 11.1 Å². The average molecular weight is 323 g/mol. The van der Waals surface area contributed by atoms with E-state index in [0.29, 0.717) is 16.4 Å². The number of rotatable bonds is 4. The Balaban J connectivity index is 2.14. The van der Waals surface area contributed by atoms with Crippen LogP contribution in [0.2, 0.25) is 5.02 Å². The number of benzene rings is 2. The number of anilines is 2. The molecule has 0 fully saturated rings. The summed E-state index contributed by atoms with van der Waals surface area (Å²) in [5, 5.41) is 1.72. The van der Waals surface area contributed by atoms with E-state index in [2.05, 4.69) is 4.72 Å². The first-order valence-electron chi connectivity index (χ1n) is 6.18. The lowest BCUT2D eigenvalue weighted by Gasteiger charge is -2.07. The molecule has 2 aromatic carbocycles. The number of halogens is 1. The molecular formula is C15H15ClN2O2S. The Morgan fingerprint density at radius 3 is 2.43 bits per heavy atom. The van der Waals surface area contributed by atoms with E-state index >= 15 is 0 Å². The second-order valence-corrected chi connectivity index (χ2v) is 6.58. The summed E-state index contributed by atoms with van der Waals surface area (Å²) in [4.78, 5) is 0. The molecule has 21 heavy (non-hydrogen) atoms. The maximum absolute atomic E-state index is 12.0. The third kappa shape index (κ3) is 4.51. The van der Waals surface area contributed by atoms with E-state index in [0.717, 1.165) is 16.5 Å². The van der Waals surface area contributed by atoms with Crippen LogP contribution in [0, 0.1) is 6.92 Å². The van der Waals surface area contributed by atoms with E-state index in [1.165, 1.54) is 6.08 Å². The molecule has 2 aromatic rings. The van der Waals surface area contributed by atoms with Crippen LogP contribution < -0.4 is 10.5 Å². The first-order valence-corrected chi connectivity index (χ1v) is 8.11. The van der Waals surface area contributed by atoms with Gasteiger partial charge in [0.15, 0.2) is 0 Å². The third-order valence-corrected chi connectivity index (χ3v) is 4.11. The van der Waals surface area contributed by atoms with E-state index in [1.807, 2.05) is 6.92 Å². The van der Waals surface area contributed by atoms with Crippen LogP contribution in [0.15, 0.2) is 47.9 Å². The molecule has 0 unspecified atom stereocenters. The lowest BCUT2D eigenvalue weighted by molar-refractivity contribution is 0.609. The van der Waals surface area contributed by atoms with Gasteiger partial charge in [0.05, 0.1) is 5.41 Å².